The third-order valence-corrected chi connectivity index (χ3v) is 6.94. The van der Waals surface area contributed by atoms with Gasteiger partial charge in [-0.2, -0.15) is 4.31 Å². The van der Waals surface area contributed by atoms with E-state index in [1.165, 1.54) is 23.5 Å². The van der Waals surface area contributed by atoms with Crippen molar-refractivity contribution in [1.29, 1.82) is 0 Å². The summed E-state index contributed by atoms with van der Waals surface area (Å²) in [5, 5.41) is 0. The van der Waals surface area contributed by atoms with Crippen LogP contribution in [0.15, 0.2) is 28.0 Å². The van der Waals surface area contributed by atoms with E-state index in [0.29, 0.717) is 0 Å². The van der Waals surface area contributed by atoms with Gasteiger partial charge >= 0.3 is 0 Å². The average molecular weight is 363 g/mol. The smallest absolute Gasteiger partial charge is 0.247 e. The zero-order chi connectivity index (χ0) is 17.5. The Hall–Kier alpha value is -1.16. The molecule has 0 saturated carbocycles. The monoisotopic (exact) mass is 363 g/mol. The van der Waals surface area contributed by atoms with Crippen molar-refractivity contribution in [2.75, 3.05) is 33.1 Å². The minimum absolute atomic E-state index is 0.0667. The molecule has 0 N–H and O–H groups in total. The largest absolute Gasteiger partial charge is 0.495 e. The normalized spacial score (nSPS) is 19.5. The van der Waals surface area contributed by atoms with Gasteiger partial charge in [0.15, 0.2) is 9.84 Å². The van der Waals surface area contributed by atoms with Crippen LogP contribution in [0.1, 0.15) is 13.8 Å². The number of nitrogens with zero attached hydrogens (tertiary/aromatic N) is 1. The van der Waals surface area contributed by atoms with Crippen molar-refractivity contribution in [3.63, 3.8) is 0 Å². The minimum Gasteiger partial charge on any atom is -0.495 e. The molecule has 0 atom stereocenters. The molecule has 1 heterocycles. The van der Waals surface area contributed by atoms with Gasteiger partial charge in [0.05, 0.1) is 30.8 Å². The van der Waals surface area contributed by atoms with E-state index in [9.17, 15) is 16.8 Å². The van der Waals surface area contributed by atoms with Crippen LogP contribution in [0, 0.1) is 0 Å². The maximum absolute atomic E-state index is 13.1. The van der Waals surface area contributed by atoms with Crippen LogP contribution in [0.2, 0.25) is 0 Å². The summed E-state index contributed by atoms with van der Waals surface area (Å²) in [5.41, 5.74) is -0.733. The highest BCUT2D eigenvalue weighted by Gasteiger charge is 2.41. The summed E-state index contributed by atoms with van der Waals surface area (Å²) < 4.78 is 61.4. The molecule has 1 saturated heterocycles. The van der Waals surface area contributed by atoms with Gasteiger partial charge in [-0.05, 0) is 32.0 Å². The summed E-state index contributed by atoms with van der Waals surface area (Å²) in [6.07, 6.45) is 1.03. The van der Waals surface area contributed by atoms with E-state index in [4.69, 9.17) is 9.47 Å². The Bertz CT molecular complexity index is 799. The number of morpholine rings is 1. The Morgan fingerprint density at radius 2 is 1.87 bits per heavy atom. The van der Waals surface area contributed by atoms with E-state index < -0.39 is 25.4 Å². The maximum Gasteiger partial charge on any atom is 0.247 e. The van der Waals surface area contributed by atoms with Gasteiger partial charge < -0.3 is 9.47 Å². The lowest BCUT2D eigenvalue weighted by Crippen LogP contribution is -2.55. The molecule has 1 aliphatic heterocycles. The SMILES string of the molecule is COc1ccc(S(C)(=O)=O)cc1S(=O)(=O)N1CCOCC1(C)C. The van der Waals surface area contributed by atoms with Crippen LogP contribution >= 0.6 is 0 Å². The van der Waals surface area contributed by atoms with Crippen molar-refractivity contribution in [3.05, 3.63) is 18.2 Å². The first-order chi connectivity index (χ1) is 10.5. The van der Waals surface area contributed by atoms with E-state index in [1.54, 1.807) is 13.8 Å². The molecule has 0 spiro atoms. The Balaban J connectivity index is 2.63. The molecule has 0 bridgehead atoms. The first-order valence-corrected chi connectivity index (χ1v) is 10.3. The summed E-state index contributed by atoms with van der Waals surface area (Å²) in [6, 6.07) is 3.84. The summed E-state index contributed by atoms with van der Waals surface area (Å²) in [6.45, 7) is 4.27. The van der Waals surface area contributed by atoms with Crippen molar-refractivity contribution in [1.82, 2.24) is 4.31 Å². The molecule has 2 rings (SSSR count). The predicted molar refractivity (Wildman–Crippen MR) is 84.9 cm³/mol. The fourth-order valence-electron chi connectivity index (χ4n) is 2.50. The quantitative estimate of drug-likeness (QED) is 0.789. The van der Waals surface area contributed by atoms with Crippen LogP contribution in [0.4, 0.5) is 0 Å². The molecule has 0 radical (unpaired) electrons. The van der Waals surface area contributed by atoms with Gasteiger partial charge in [0.25, 0.3) is 0 Å². The number of ether oxygens (including phenoxy) is 2. The Morgan fingerprint density at radius 3 is 2.39 bits per heavy atom. The lowest BCUT2D eigenvalue weighted by atomic mass is 10.1. The lowest BCUT2D eigenvalue weighted by molar-refractivity contribution is -0.00776. The molecule has 0 amide bonds. The van der Waals surface area contributed by atoms with Crippen LogP contribution in [0.3, 0.4) is 0 Å². The second-order valence-electron chi connectivity index (χ2n) is 6.03. The first kappa shape index (κ1) is 18.2. The van der Waals surface area contributed by atoms with Crippen LogP contribution in [-0.2, 0) is 24.6 Å². The summed E-state index contributed by atoms with van der Waals surface area (Å²) in [7, 11) is -6.12. The fourth-order valence-corrected chi connectivity index (χ4v) is 5.16. The minimum atomic E-state index is -3.93. The van der Waals surface area contributed by atoms with E-state index in [1.807, 2.05) is 0 Å². The van der Waals surface area contributed by atoms with Crippen LogP contribution in [-0.4, -0.2) is 59.8 Å². The van der Waals surface area contributed by atoms with Crippen molar-refractivity contribution in [2.45, 2.75) is 29.2 Å². The Kier molecular flexibility index (Phi) is 4.78. The van der Waals surface area contributed by atoms with E-state index in [-0.39, 0.29) is 35.3 Å². The Morgan fingerprint density at radius 1 is 1.22 bits per heavy atom. The molecule has 0 unspecified atom stereocenters. The third kappa shape index (κ3) is 3.52. The molecule has 1 aliphatic rings. The number of rotatable bonds is 4. The summed E-state index contributed by atoms with van der Waals surface area (Å²) >= 11 is 0. The molecule has 1 fully saturated rings. The van der Waals surface area contributed by atoms with Gasteiger partial charge in [-0.1, -0.05) is 0 Å². The number of benzene rings is 1. The van der Waals surface area contributed by atoms with Crippen LogP contribution in [0.5, 0.6) is 5.75 Å². The van der Waals surface area contributed by atoms with Crippen molar-refractivity contribution in [3.8, 4) is 5.75 Å². The van der Waals surface area contributed by atoms with Crippen LogP contribution in [0.25, 0.3) is 0 Å². The number of methoxy groups -OCH3 is 1. The topological polar surface area (TPSA) is 90.0 Å². The second-order valence-corrected chi connectivity index (χ2v) is 9.87. The van der Waals surface area contributed by atoms with Crippen molar-refractivity contribution in [2.24, 2.45) is 0 Å². The highest BCUT2D eigenvalue weighted by molar-refractivity contribution is 7.91. The number of sulfonamides is 1. The number of hydrogen-bond acceptors (Lipinski definition) is 6. The van der Waals surface area contributed by atoms with Crippen LogP contribution < -0.4 is 4.74 Å². The molecular formula is C14H21NO6S2. The molecule has 7 nitrogen and oxygen atoms in total. The average Bonchev–Trinajstić information content (AvgIpc) is 2.44. The van der Waals surface area contributed by atoms with E-state index in [2.05, 4.69) is 0 Å². The summed E-state index contributed by atoms with van der Waals surface area (Å²) in [4.78, 5) is -0.221. The molecule has 9 heteroatoms. The van der Waals surface area contributed by atoms with Gasteiger partial charge in [-0.25, -0.2) is 16.8 Å². The van der Waals surface area contributed by atoms with Gasteiger partial charge in [0, 0.05) is 12.8 Å². The standard InChI is InChI=1S/C14H21NO6S2/c1-14(2)10-21-8-7-15(14)23(18,19)13-9-11(22(4,16)17)5-6-12(13)20-3/h5-6,9H,7-8,10H2,1-4H3. The Labute approximate surface area is 137 Å². The lowest BCUT2D eigenvalue weighted by Gasteiger charge is -2.40. The van der Waals surface area contributed by atoms with Crippen molar-refractivity contribution < 1.29 is 26.3 Å². The first-order valence-electron chi connectivity index (χ1n) is 6.99. The predicted octanol–water partition coefficient (Wildman–Crippen LogP) is 0.898. The number of sulfone groups is 1. The fraction of sp³-hybridized carbons (Fsp3) is 0.571. The molecule has 0 aromatic heterocycles. The van der Waals surface area contributed by atoms with E-state index >= 15 is 0 Å². The zero-order valence-corrected chi connectivity index (χ0v) is 15.2. The molecular weight excluding hydrogens is 342 g/mol. The second kappa shape index (κ2) is 6.04. The maximum atomic E-state index is 13.1. The zero-order valence-electron chi connectivity index (χ0n) is 13.6. The van der Waals surface area contributed by atoms with Gasteiger partial charge in [-0.3, -0.25) is 0 Å². The van der Waals surface area contributed by atoms with Gasteiger partial charge in [0.1, 0.15) is 10.6 Å². The molecule has 1 aromatic rings. The van der Waals surface area contributed by atoms with E-state index in [0.717, 1.165) is 12.3 Å². The highest BCUT2D eigenvalue weighted by Crippen LogP contribution is 2.33. The highest BCUT2D eigenvalue weighted by atomic mass is 32.2. The van der Waals surface area contributed by atoms with Gasteiger partial charge in [-0.15, -0.1) is 0 Å². The molecule has 1 aromatic carbocycles. The molecule has 130 valence electrons. The molecule has 23 heavy (non-hydrogen) atoms. The number of hydrogen-bond donors (Lipinski definition) is 0. The molecule has 0 aliphatic carbocycles. The third-order valence-electron chi connectivity index (χ3n) is 3.70. The van der Waals surface area contributed by atoms with Gasteiger partial charge in [0.2, 0.25) is 10.0 Å². The summed E-state index contributed by atoms with van der Waals surface area (Å²) in [5.74, 6) is 0.111. The van der Waals surface area contributed by atoms with Crippen molar-refractivity contribution >= 4 is 19.9 Å².